The molecule has 0 aromatic carbocycles. The van der Waals surface area contributed by atoms with E-state index in [1.807, 2.05) is 18.2 Å². The molecule has 0 N–H and O–H groups in total. The van der Waals surface area contributed by atoms with Gasteiger partial charge in [0, 0.05) is 24.9 Å². The molecule has 0 saturated carbocycles. The predicted octanol–water partition coefficient (Wildman–Crippen LogP) is 4.52. The molecular weight excluding hydrogens is 312 g/mol. The molecule has 3 aromatic heterocycles. The quantitative estimate of drug-likeness (QED) is 0.658. The van der Waals surface area contributed by atoms with Crippen LogP contribution >= 0.6 is 0 Å². The van der Waals surface area contributed by atoms with Crippen LogP contribution in [-0.4, -0.2) is 28.0 Å². The summed E-state index contributed by atoms with van der Waals surface area (Å²) in [6.45, 7) is 9.61. The van der Waals surface area contributed by atoms with Crippen molar-refractivity contribution in [1.82, 2.24) is 15.0 Å². The van der Waals surface area contributed by atoms with Gasteiger partial charge in [0.2, 0.25) is 5.71 Å². The Labute approximate surface area is 146 Å². The van der Waals surface area contributed by atoms with Crippen LogP contribution in [0.1, 0.15) is 25.1 Å². The lowest BCUT2D eigenvalue weighted by atomic mass is 10.1. The fourth-order valence-electron chi connectivity index (χ4n) is 3.27. The zero-order valence-electron chi connectivity index (χ0n) is 14.1. The molecule has 0 aliphatic carbocycles. The minimum absolute atomic E-state index is 0.593. The highest BCUT2D eigenvalue weighted by Gasteiger charge is 2.22. The molecular formula is C20H20N4O. The minimum Gasteiger partial charge on any atom is -0.432 e. The third kappa shape index (κ3) is 2.71. The third-order valence-corrected chi connectivity index (χ3v) is 4.50. The van der Waals surface area contributed by atoms with Gasteiger partial charge in [-0.2, -0.15) is 0 Å². The van der Waals surface area contributed by atoms with Crippen LogP contribution in [-0.2, 0) is 0 Å². The van der Waals surface area contributed by atoms with Crippen LogP contribution in [0.4, 0.5) is 5.82 Å². The van der Waals surface area contributed by atoms with Crippen LogP contribution in [0.25, 0.3) is 27.8 Å². The summed E-state index contributed by atoms with van der Waals surface area (Å²) in [5.74, 6) is 1.48. The molecule has 5 nitrogen and oxygen atoms in total. The van der Waals surface area contributed by atoms with Gasteiger partial charge in [0.25, 0.3) is 0 Å². The number of fused-ring (bicyclic) bond motifs is 3. The number of furan rings is 1. The van der Waals surface area contributed by atoms with Gasteiger partial charge < -0.3 is 9.32 Å². The lowest BCUT2D eigenvalue weighted by Crippen LogP contribution is -2.30. The second kappa shape index (κ2) is 6.51. The normalized spacial score (nSPS) is 15.7. The summed E-state index contributed by atoms with van der Waals surface area (Å²) < 4.78 is 6.02. The topological polar surface area (TPSA) is 55.1 Å². The van der Waals surface area contributed by atoms with E-state index < -0.39 is 0 Å². The molecule has 1 aliphatic heterocycles. The average Bonchev–Trinajstić information content (AvgIpc) is 3.05. The number of allylic oxidation sites excluding steroid dienone is 4. The van der Waals surface area contributed by atoms with Gasteiger partial charge in [0.1, 0.15) is 5.52 Å². The Morgan fingerprint density at radius 2 is 2.00 bits per heavy atom. The van der Waals surface area contributed by atoms with Crippen molar-refractivity contribution in [2.75, 3.05) is 18.0 Å². The van der Waals surface area contributed by atoms with E-state index in [-0.39, 0.29) is 0 Å². The van der Waals surface area contributed by atoms with E-state index in [9.17, 15) is 0 Å². The Balaban J connectivity index is 2.01. The van der Waals surface area contributed by atoms with E-state index in [4.69, 9.17) is 14.4 Å². The Morgan fingerprint density at radius 1 is 1.16 bits per heavy atom. The van der Waals surface area contributed by atoms with Gasteiger partial charge >= 0.3 is 0 Å². The van der Waals surface area contributed by atoms with Crippen LogP contribution in [0.15, 0.2) is 54.1 Å². The van der Waals surface area contributed by atoms with Crippen molar-refractivity contribution in [3.05, 3.63) is 55.5 Å². The Morgan fingerprint density at radius 3 is 2.76 bits per heavy atom. The van der Waals surface area contributed by atoms with Gasteiger partial charge in [-0.3, -0.25) is 0 Å². The molecule has 0 unspecified atom stereocenters. The standard InChI is InChI=1S/C20H20N4O/c1-3-9-14(4-2)18-22-16-15-10-8-11-21-20(15)25-17(16)19(23-18)24-12-6-5-7-13-24/h3-4,8-11H,1-2,5-7,12-13H2/b14-9+. The highest BCUT2D eigenvalue weighted by molar-refractivity contribution is 6.05. The molecule has 25 heavy (non-hydrogen) atoms. The first-order chi connectivity index (χ1) is 12.3. The average molecular weight is 332 g/mol. The van der Waals surface area contributed by atoms with Crippen LogP contribution < -0.4 is 4.90 Å². The number of piperidine rings is 1. The van der Waals surface area contributed by atoms with Crippen molar-refractivity contribution >= 4 is 33.6 Å². The number of nitrogens with zero attached hydrogens (tertiary/aromatic N) is 4. The minimum atomic E-state index is 0.593. The molecule has 3 aromatic rings. The van der Waals surface area contributed by atoms with E-state index >= 15 is 0 Å². The molecule has 5 heteroatoms. The predicted molar refractivity (Wildman–Crippen MR) is 102 cm³/mol. The molecule has 4 rings (SSSR count). The zero-order chi connectivity index (χ0) is 17.2. The van der Waals surface area contributed by atoms with Crippen LogP contribution in [0.5, 0.6) is 0 Å². The molecule has 1 aliphatic rings. The van der Waals surface area contributed by atoms with Gasteiger partial charge in [0.15, 0.2) is 17.2 Å². The molecule has 126 valence electrons. The summed E-state index contributed by atoms with van der Waals surface area (Å²) in [6, 6.07) is 3.88. The number of aromatic nitrogens is 3. The van der Waals surface area contributed by atoms with Gasteiger partial charge in [0.05, 0.1) is 5.39 Å². The Kier molecular flexibility index (Phi) is 4.06. The monoisotopic (exact) mass is 332 g/mol. The van der Waals surface area contributed by atoms with Gasteiger partial charge in [-0.15, -0.1) is 0 Å². The number of rotatable bonds is 4. The van der Waals surface area contributed by atoms with E-state index in [1.54, 1.807) is 18.3 Å². The van der Waals surface area contributed by atoms with Crippen molar-refractivity contribution in [2.24, 2.45) is 0 Å². The summed E-state index contributed by atoms with van der Waals surface area (Å²) in [5.41, 5.74) is 2.94. The number of hydrogen-bond acceptors (Lipinski definition) is 5. The van der Waals surface area contributed by atoms with Crippen LogP contribution in [0, 0.1) is 0 Å². The summed E-state index contributed by atoms with van der Waals surface area (Å²) in [7, 11) is 0. The second-order valence-corrected chi connectivity index (χ2v) is 6.12. The SMILES string of the molecule is C=C/C=C(\C=C)c1nc(N2CCCCC2)c2oc3ncccc3c2n1. The van der Waals surface area contributed by atoms with Crippen molar-refractivity contribution < 1.29 is 4.42 Å². The fourth-order valence-corrected chi connectivity index (χ4v) is 3.27. The van der Waals surface area contributed by atoms with E-state index in [0.717, 1.165) is 48.2 Å². The summed E-state index contributed by atoms with van der Waals surface area (Å²) in [6.07, 6.45) is 10.7. The van der Waals surface area contributed by atoms with E-state index in [2.05, 4.69) is 23.0 Å². The van der Waals surface area contributed by atoms with Gasteiger partial charge in [-0.25, -0.2) is 15.0 Å². The van der Waals surface area contributed by atoms with Crippen molar-refractivity contribution in [1.29, 1.82) is 0 Å². The van der Waals surface area contributed by atoms with Crippen LogP contribution in [0.2, 0.25) is 0 Å². The fraction of sp³-hybridized carbons (Fsp3) is 0.250. The molecule has 0 spiro atoms. The van der Waals surface area contributed by atoms with E-state index in [0.29, 0.717) is 17.1 Å². The first-order valence-electron chi connectivity index (χ1n) is 8.57. The second-order valence-electron chi connectivity index (χ2n) is 6.12. The number of pyridine rings is 1. The van der Waals surface area contributed by atoms with Gasteiger partial charge in [-0.05, 0) is 31.4 Å². The molecule has 0 bridgehead atoms. The van der Waals surface area contributed by atoms with Gasteiger partial charge in [-0.1, -0.05) is 31.4 Å². The highest BCUT2D eigenvalue weighted by atomic mass is 16.3. The summed E-state index contributed by atoms with van der Waals surface area (Å²) in [4.78, 5) is 16.2. The zero-order valence-corrected chi connectivity index (χ0v) is 14.1. The lowest BCUT2D eigenvalue weighted by molar-refractivity contribution is 0.568. The van der Waals surface area contributed by atoms with Crippen molar-refractivity contribution in [3.8, 4) is 0 Å². The smallest absolute Gasteiger partial charge is 0.229 e. The summed E-state index contributed by atoms with van der Waals surface area (Å²) in [5, 5.41) is 0.904. The van der Waals surface area contributed by atoms with Crippen molar-refractivity contribution in [3.63, 3.8) is 0 Å². The first-order valence-corrected chi connectivity index (χ1v) is 8.57. The molecule has 1 saturated heterocycles. The molecule has 0 atom stereocenters. The Bertz CT molecular complexity index is 980. The largest absolute Gasteiger partial charge is 0.432 e. The third-order valence-electron chi connectivity index (χ3n) is 4.50. The maximum Gasteiger partial charge on any atom is 0.229 e. The Hall–Kier alpha value is -2.95. The highest BCUT2D eigenvalue weighted by Crippen LogP contribution is 2.34. The molecule has 4 heterocycles. The lowest BCUT2D eigenvalue weighted by Gasteiger charge is -2.27. The van der Waals surface area contributed by atoms with E-state index in [1.165, 1.54) is 6.42 Å². The molecule has 1 fully saturated rings. The van der Waals surface area contributed by atoms with Crippen molar-refractivity contribution in [2.45, 2.75) is 19.3 Å². The molecule has 0 radical (unpaired) electrons. The molecule has 0 amide bonds. The number of hydrogen-bond donors (Lipinski definition) is 0. The first kappa shape index (κ1) is 15.6. The number of anilines is 1. The maximum absolute atomic E-state index is 6.02. The summed E-state index contributed by atoms with van der Waals surface area (Å²) >= 11 is 0. The van der Waals surface area contributed by atoms with Crippen LogP contribution in [0.3, 0.4) is 0 Å². The maximum atomic E-state index is 6.02.